The number of imidazole rings is 1. The Morgan fingerprint density at radius 3 is 2.16 bits per heavy atom. The second kappa shape index (κ2) is 9.40. The van der Waals surface area contributed by atoms with Crippen LogP contribution in [0.3, 0.4) is 0 Å². The Morgan fingerprint density at radius 1 is 0.730 bits per heavy atom. The zero-order valence-electron chi connectivity index (χ0n) is 21.9. The Labute approximate surface area is 218 Å². The van der Waals surface area contributed by atoms with Gasteiger partial charge >= 0.3 is 0 Å². The SMILES string of the molecule is CC(C)c1cccc(C(C)C)c1Cn1c(-c2coc3ccc(-c4ccccc4)cc23)nc2ccccc21. The van der Waals surface area contributed by atoms with Crippen LogP contribution in [-0.4, -0.2) is 9.55 Å². The molecule has 0 amide bonds. The molecule has 6 aromatic rings. The Balaban J connectivity index is 1.57. The van der Waals surface area contributed by atoms with E-state index in [1.807, 2.05) is 12.3 Å². The quantitative estimate of drug-likeness (QED) is 0.236. The van der Waals surface area contributed by atoms with Crippen molar-refractivity contribution in [3.8, 4) is 22.5 Å². The molecule has 184 valence electrons. The lowest BCUT2D eigenvalue weighted by Crippen LogP contribution is -2.10. The van der Waals surface area contributed by atoms with Crippen LogP contribution in [-0.2, 0) is 6.54 Å². The van der Waals surface area contributed by atoms with Crippen LogP contribution in [0.1, 0.15) is 56.2 Å². The fourth-order valence-electron chi connectivity index (χ4n) is 5.50. The fourth-order valence-corrected chi connectivity index (χ4v) is 5.50. The Kier molecular flexibility index (Phi) is 5.92. The smallest absolute Gasteiger partial charge is 0.145 e. The minimum atomic E-state index is 0.440. The molecule has 0 bridgehead atoms. The van der Waals surface area contributed by atoms with E-state index in [0.717, 1.165) is 39.9 Å². The lowest BCUT2D eigenvalue weighted by Gasteiger charge is -2.21. The Bertz CT molecular complexity index is 1680. The molecule has 0 atom stereocenters. The second-order valence-corrected chi connectivity index (χ2v) is 10.5. The van der Waals surface area contributed by atoms with Crippen molar-refractivity contribution >= 4 is 22.0 Å². The predicted molar refractivity (Wildman–Crippen MR) is 154 cm³/mol. The van der Waals surface area contributed by atoms with E-state index in [1.165, 1.54) is 27.8 Å². The van der Waals surface area contributed by atoms with E-state index in [2.05, 4.69) is 117 Å². The van der Waals surface area contributed by atoms with Gasteiger partial charge in [-0.3, -0.25) is 0 Å². The van der Waals surface area contributed by atoms with Gasteiger partial charge in [0, 0.05) is 5.39 Å². The third kappa shape index (κ3) is 4.15. The summed E-state index contributed by atoms with van der Waals surface area (Å²) in [4.78, 5) is 5.16. The summed E-state index contributed by atoms with van der Waals surface area (Å²) in [5, 5.41) is 1.08. The molecular formula is C34H32N2O. The fraction of sp³-hybridized carbons (Fsp3) is 0.206. The van der Waals surface area contributed by atoms with Crippen LogP contribution in [0.5, 0.6) is 0 Å². The van der Waals surface area contributed by atoms with Gasteiger partial charge in [0.1, 0.15) is 17.7 Å². The Hall–Kier alpha value is -4.11. The van der Waals surface area contributed by atoms with E-state index in [9.17, 15) is 0 Å². The monoisotopic (exact) mass is 484 g/mol. The number of hydrogen-bond donors (Lipinski definition) is 0. The molecule has 0 saturated carbocycles. The molecule has 0 aliphatic heterocycles. The Morgan fingerprint density at radius 2 is 1.43 bits per heavy atom. The highest BCUT2D eigenvalue weighted by atomic mass is 16.3. The van der Waals surface area contributed by atoms with Gasteiger partial charge in [-0.2, -0.15) is 0 Å². The molecule has 3 heteroatoms. The van der Waals surface area contributed by atoms with Gasteiger partial charge in [-0.15, -0.1) is 0 Å². The summed E-state index contributed by atoms with van der Waals surface area (Å²) in [5.41, 5.74) is 10.6. The molecule has 2 aromatic heterocycles. The molecule has 0 unspecified atom stereocenters. The van der Waals surface area contributed by atoms with Gasteiger partial charge in [0.05, 0.1) is 23.1 Å². The van der Waals surface area contributed by atoms with E-state index >= 15 is 0 Å². The van der Waals surface area contributed by atoms with Crippen LogP contribution in [0.2, 0.25) is 0 Å². The molecular weight excluding hydrogens is 452 g/mol. The van der Waals surface area contributed by atoms with Crippen molar-refractivity contribution in [1.82, 2.24) is 9.55 Å². The first-order chi connectivity index (χ1) is 18.0. The van der Waals surface area contributed by atoms with Crippen molar-refractivity contribution in [1.29, 1.82) is 0 Å². The minimum absolute atomic E-state index is 0.440. The van der Waals surface area contributed by atoms with Crippen LogP contribution in [0, 0.1) is 0 Å². The average Bonchev–Trinajstić information content (AvgIpc) is 3.50. The van der Waals surface area contributed by atoms with E-state index in [-0.39, 0.29) is 0 Å². The third-order valence-electron chi connectivity index (χ3n) is 7.38. The molecule has 0 radical (unpaired) electrons. The van der Waals surface area contributed by atoms with Gasteiger partial charge in [-0.25, -0.2) is 4.98 Å². The molecule has 37 heavy (non-hydrogen) atoms. The first-order valence-electron chi connectivity index (χ1n) is 13.1. The number of hydrogen-bond acceptors (Lipinski definition) is 2. The summed E-state index contributed by atoms with van der Waals surface area (Å²) >= 11 is 0. The number of fused-ring (bicyclic) bond motifs is 2. The van der Waals surface area contributed by atoms with Crippen molar-refractivity contribution in [3.05, 3.63) is 114 Å². The van der Waals surface area contributed by atoms with Gasteiger partial charge in [-0.05, 0) is 63.9 Å². The molecule has 6 rings (SSSR count). The summed E-state index contributed by atoms with van der Waals surface area (Å²) < 4.78 is 8.44. The molecule has 3 nitrogen and oxygen atoms in total. The zero-order valence-corrected chi connectivity index (χ0v) is 21.9. The molecule has 2 heterocycles. The predicted octanol–water partition coefficient (Wildman–Crippen LogP) is 9.41. The van der Waals surface area contributed by atoms with Gasteiger partial charge in [0.2, 0.25) is 0 Å². The summed E-state index contributed by atoms with van der Waals surface area (Å²) in [6.45, 7) is 9.90. The highest BCUT2D eigenvalue weighted by Crippen LogP contribution is 2.37. The van der Waals surface area contributed by atoms with Gasteiger partial charge < -0.3 is 8.98 Å². The molecule has 0 aliphatic carbocycles. The maximum atomic E-state index is 6.07. The average molecular weight is 485 g/mol. The summed E-state index contributed by atoms with van der Waals surface area (Å²) in [7, 11) is 0. The number of furan rings is 1. The van der Waals surface area contributed by atoms with E-state index in [1.54, 1.807) is 0 Å². The van der Waals surface area contributed by atoms with Crippen molar-refractivity contribution in [2.45, 2.75) is 46.1 Å². The van der Waals surface area contributed by atoms with Crippen molar-refractivity contribution in [3.63, 3.8) is 0 Å². The first-order valence-corrected chi connectivity index (χ1v) is 13.1. The molecule has 0 N–H and O–H groups in total. The molecule has 0 fully saturated rings. The normalized spacial score (nSPS) is 11.8. The van der Waals surface area contributed by atoms with Crippen LogP contribution < -0.4 is 0 Å². The minimum Gasteiger partial charge on any atom is -0.464 e. The highest BCUT2D eigenvalue weighted by Gasteiger charge is 2.21. The van der Waals surface area contributed by atoms with Crippen molar-refractivity contribution < 1.29 is 4.42 Å². The first kappa shape index (κ1) is 23.3. The molecule has 0 spiro atoms. The number of aromatic nitrogens is 2. The highest BCUT2D eigenvalue weighted by molar-refractivity contribution is 5.97. The number of rotatable bonds is 6. The maximum Gasteiger partial charge on any atom is 0.145 e. The number of para-hydroxylation sites is 2. The number of benzene rings is 4. The topological polar surface area (TPSA) is 31.0 Å². The largest absolute Gasteiger partial charge is 0.464 e. The number of nitrogens with zero attached hydrogens (tertiary/aromatic N) is 2. The third-order valence-corrected chi connectivity index (χ3v) is 7.38. The van der Waals surface area contributed by atoms with Crippen LogP contribution in [0.25, 0.3) is 44.5 Å². The summed E-state index contributed by atoms with van der Waals surface area (Å²) in [5.74, 6) is 1.82. The summed E-state index contributed by atoms with van der Waals surface area (Å²) in [6, 6.07) is 32.1. The molecule has 0 saturated heterocycles. The van der Waals surface area contributed by atoms with E-state index < -0.39 is 0 Å². The van der Waals surface area contributed by atoms with Crippen LogP contribution >= 0.6 is 0 Å². The van der Waals surface area contributed by atoms with Crippen LogP contribution in [0.15, 0.2) is 102 Å². The standard InChI is InChI=1S/C34H32N2O/c1-22(2)26-13-10-14-27(23(3)4)29(26)20-36-32-16-9-8-15-31(32)35-34(36)30-21-37-33-18-17-25(19-28(30)33)24-11-6-5-7-12-24/h5-19,21-23H,20H2,1-4H3. The lowest BCUT2D eigenvalue weighted by atomic mass is 9.88. The van der Waals surface area contributed by atoms with Gasteiger partial charge in [0.15, 0.2) is 0 Å². The molecule has 0 aliphatic rings. The lowest BCUT2D eigenvalue weighted by molar-refractivity contribution is 0.616. The maximum absolute atomic E-state index is 6.07. The summed E-state index contributed by atoms with van der Waals surface area (Å²) in [6.07, 6.45) is 1.87. The van der Waals surface area contributed by atoms with Crippen molar-refractivity contribution in [2.75, 3.05) is 0 Å². The zero-order chi connectivity index (χ0) is 25.5. The van der Waals surface area contributed by atoms with Crippen LogP contribution in [0.4, 0.5) is 0 Å². The van der Waals surface area contributed by atoms with E-state index in [4.69, 9.17) is 9.40 Å². The second-order valence-electron chi connectivity index (χ2n) is 10.5. The van der Waals surface area contributed by atoms with Crippen molar-refractivity contribution in [2.24, 2.45) is 0 Å². The van der Waals surface area contributed by atoms with Gasteiger partial charge in [-0.1, -0.05) is 94.4 Å². The van der Waals surface area contributed by atoms with Gasteiger partial charge in [0.25, 0.3) is 0 Å². The van der Waals surface area contributed by atoms with E-state index in [0.29, 0.717) is 11.8 Å². The molecule has 4 aromatic carbocycles.